The largest absolute Gasteiger partial charge is 0.458 e. The van der Waals surface area contributed by atoms with Gasteiger partial charge in [0, 0.05) is 5.57 Å². The van der Waals surface area contributed by atoms with Crippen LogP contribution in [0.2, 0.25) is 19.6 Å². The summed E-state index contributed by atoms with van der Waals surface area (Å²) < 4.78 is 12.0. The highest BCUT2D eigenvalue weighted by Gasteiger charge is 2.42. The highest BCUT2D eigenvalue weighted by Crippen LogP contribution is 2.33. The summed E-state index contributed by atoms with van der Waals surface area (Å²) in [6, 6.07) is 0. The number of esters is 1. The summed E-state index contributed by atoms with van der Waals surface area (Å²) in [7, 11) is -0.790. The Morgan fingerprint density at radius 1 is 1.39 bits per heavy atom. The topological polar surface area (TPSA) is 35.5 Å². The fourth-order valence-corrected chi connectivity index (χ4v) is 4.70. The third-order valence-electron chi connectivity index (χ3n) is 3.24. The molecule has 0 aliphatic heterocycles. The van der Waals surface area contributed by atoms with Crippen molar-refractivity contribution in [3.63, 3.8) is 0 Å². The molecule has 0 saturated heterocycles. The molecule has 0 aromatic rings. The summed E-state index contributed by atoms with van der Waals surface area (Å²) in [5.41, 5.74) is 0.475. The van der Waals surface area contributed by atoms with E-state index in [1.807, 2.05) is 0 Å². The van der Waals surface area contributed by atoms with Gasteiger partial charge < -0.3 is 9.16 Å². The molecule has 1 rings (SSSR count). The zero-order valence-corrected chi connectivity index (χ0v) is 15.3. The van der Waals surface area contributed by atoms with Crippen molar-refractivity contribution in [3.8, 4) is 0 Å². The van der Waals surface area contributed by atoms with Crippen LogP contribution in [0.3, 0.4) is 0 Å². The second-order valence-corrected chi connectivity index (χ2v) is 12.6. The molecule has 1 saturated carbocycles. The Kier molecular flexibility index (Phi) is 4.97. The van der Waals surface area contributed by atoms with Gasteiger partial charge in [-0.2, -0.15) is 0 Å². The highest BCUT2D eigenvalue weighted by atomic mass is 28.4. The Hall–Kier alpha value is -0.396. The minimum Gasteiger partial charge on any atom is -0.458 e. The fourth-order valence-electron chi connectivity index (χ4n) is 2.30. The van der Waals surface area contributed by atoms with Crippen molar-refractivity contribution in [2.45, 2.75) is 63.6 Å². The van der Waals surface area contributed by atoms with Gasteiger partial charge in [-0.1, -0.05) is 13.0 Å². The lowest BCUT2D eigenvalue weighted by Crippen LogP contribution is -2.53. The van der Waals surface area contributed by atoms with Crippen LogP contribution in [0.25, 0.3) is 0 Å². The number of rotatable bonds is 4. The molecule has 104 valence electrons. The van der Waals surface area contributed by atoms with Crippen molar-refractivity contribution >= 4 is 24.5 Å². The Balaban J connectivity index is 2.79. The molecule has 5 heteroatoms. The van der Waals surface area contributed by atoms with Crippen LogP contribution in [0.4, 0.5) is 0 Å². The summed E-state index contributed by atoms with van der Waals surface area (Å²) >= 11 is 0. The molecule has 0 radical (unpaired) electrons. The minimum absolute atomic E-state index is 0.0906. The van der Waals surface area contributed by atoms with E-state index in [1.165, 1.54) is 6.42 Å². The first-order chi connectivity index (χ1) is 8.14. The van der Waals surface area contributed by atoms with Crippen molar-refractivity contribution in [2.75, 3.05) is 0 Å². The Bertz CT molecular complexity index is 336. The van der Waals surface area contributed by atoms with E-state index >= 15 is 0 Å². The summed E-state index contributed by atoms with van der Waals surface area (Å²) in [6.07, 6.45) is 4.33. The van der Waals surface area contributed by atoms with Crippen molar-refractivity contribution in [3.05, 3.63) is 12.2 Å². The molecule has 0 aromatic heterocycles. The van der Waals surface area contributed by atoms with Gasteiger partial charge >= 0.3 is 5.97 Å². The van der Waals surface area contributed by atoms with Crippen LogP contribution in [0.5, 0.6) is 0 Å². The third kappa shape index (κ3) is 4.37. The first kappa shape index (κ1) is 15.7. The Morgan fingerprint density at radius 2 is 2.00 bits per heavy atom. The quantitative estimate of drug-likeness (QED) is 0.450. The predicted octanol–water partition coefficient (Wildman–Crippen LogP) is 1.96. The Labute approximate surface area is 114 Å². The molecule has 0 aromatic carbocycles. The van der Waals surface area contributed by atoms with Gasteiger partial charge in [-0.05, 0) is 45.8 Å². The molecular formula is C13H26O3Si2. The number of hydrogen-bond donors (Lipinski definition) is 0. The molecule has 0 bridgehead atoms. The Morgan fingerprint density at radius 3 is 2.50 bits per heavy atom. The number of hydrogen-bond acceptors (Lipinski definition) is 3. The highest BCUT2D eigenvalue weighted by molar-refractivity contribution is 6.69. The standard InChI is InChI=1S/C13H26O3Si2/c1-10(2)12(14)15-13(17)9-7-6-8-11(13)16-18(3,4)5/h11H,1,6-9H2,2-5,17H3. The zero-order valence-electron chi connectivity index (χ0n) is 12.3. The van der Waals surface area contributed by atoms with Gasteiger partial charge in [0.1, 0.15) is 5.22 Å². The third-order valence-corrected chi connectivity index (χ3v) is 5.58. The van der Waals surface area contributed by atoms with Gasteiger partial charge in [0.15, 0.2) is 8.32 Å². The first-order valence-corrected chi connectivity index (χ1v) is 11.1. The molecule has 0 heterocycles. The van der Waals surface area contributed by atoms with Crippen LogP contribution in [0.1, 0.15) is 32.6 Å². The van der Waals surface area contributed by atoms with Gasteiger partial charge in [0.05, 0.1) is 16.3 Å². The summed E-state index contributed by atoms with van der Waals surface area (Å²) in [5.74, 6) is -0.268. The second-order valence-electron chi connectivity index (χ2n) is 6.45. The van der Waals surface area contributed by atoms with Gasteiger partial charge in [-0.25, -0.2) is 4.79 Å². The van der Waals surface area contributed by atoms with Gasteiger partial charge in [0.2, 0.25) is 0 Å². The fraction of sp³-hybridized carbons (Fsp3) is 0.769. The van der Waals surface area contributed by atoms with E-state index in [2.05, 4.69) is 26.2 Å². The van der Waals surface area contributed by atoms with E-state index in [4.69, 9.17) is 9.16 Å². The molecule has 1 fully saturated rings. The lowest BCUT2D eigenvalue weighted by Gasteiger charge is -2.43. The maximum absolute atomic E-state index is 11.8. The molecule has 18 heavy (non-hydrogen) atoms. The average Bonchev–Trinajstić information content (AvgIpc) is 2.19. The van der Waals surface area contributed by atoms with Crippen LogP contribution < -0.4 is 0 Å². The molecule has 3 nitrogen and oxygen atoms in total. The molecule has 1 aliphatic rings. The molecule has 1 aliphatic carbocycles. The van der Waals surface area contributed by atoms with Crippen LogP contribution in [0, 0.1) is 0 Å². The van der Waals surface area contributed by atoms with E-state index < -0.39 is 8.32 Å². The van der Waals surface area contributed by atoms with Crippen molar-refractivity contribution < 1.29 is 14.0 Å². The van der Waals surface area contributed by atoms with Gasteiger partial charge in [-0.3, -0.25) is 0 Å². The lowest BCUT2D eigenvalue weighted by molar-refractivity contribution is -0.157. The second kappa shape index (κ2) is 5.71. The van der Waals surface area contributed by atoms with E-state index in [9.17, 15) is 4.79 Å². The average molecular weight is 287 g/mol. The molecule has 0 amide bonds. The van der Waals surface area contributed by atoms with E-state index in [0.29, 0.717) is 5.57 Å². The van der Waals surface area contributed by atoms with E-state index in [1.54, 1.807) is 6.92 Å². The van der Waals surface area contributed by atoms with Gasteiger partial charge in [0.25, 0.3) is 0 Å². The van der Waals surface area contributed by atoms with Crippen LogP contribution in [0.15, 0.2) is 12.2 Å². The minimum atomic E-state index is -1.60. The van der Waals surface area contributed by atoms with E-state index in [-0.39, 0.29) is 17.3 Å². The van der Waals surface area contributed by atoms with Crippen molar-refractivity contribution in [1.82, 2.24) is 0 Å². The van der Waals surface area contributed by atoms with Crippen LogP contribution in [-0.2, 0) is 14.0 Å². The van der Waals surface area contributed by atoms with E-state index in [0.717, 1.165) is 29.5 Å². The summed E-state index contributed by atoms with van der Waals surface area (Å²) in [6.45, 7) is 11.9. The first-order valence-electron chi connectivity index (χ1n) is 6.71. The van der Waals surface area contributed by atoms with Crippen LogP contribution >= 0.6 is 0 Å². The lowest BCUT2D eigenvalue weighted by atomic mass is 9.94. The number of ether oxygens (including phenoxy) is 1. The molecule has 0 N–H and O–H groups in total. The monoisotopic (exact) mass is 286 g/mol. The number of carbonyl (C=O) groups excluding carboxylic acids is 1. The summed E-state index contributed by atoms with van der Waals surface area (Å²) in [5, 5.41) is -0.353. The van der Waals surface area contributed by atoms with Gasteiger partial charge in [-0.15, -0.1) is 0 Å². The zero-order chi connectivity index (χ0) is 14.0. The molecular weight excluding hydrogens is 260 g/mol. The molecule has 2 atom stereocenters. The maximum Gasteiger partial charge on any atom is 0.333 e. The normalized spacial score (nSPS) is 29.0. The van der Waals surface area contributed by atoms with Crippen molar-refractivity contribution in [1.29, 1.82) is 0 Å². The molecule has 0 spiro atoms. The molecule has 2 unspecified atom stereocenters. The SMILES string of the molecule is C=C(C)C(=O)OC1([SiH3])CCCCC1O[Si](C)(C)C. The van der Waals surface area contributed by atoms with Crippen LogP contribution in [-0.4, -0.2) is 35.9 Å². The summed E-state index contributed by atoms with van der Waals surface area (Å²) in [4.78, 5) is 11.8. The number of carbonyl (C=O) groups is 1. The predicted molar refractivity (Wildman–Crippen MR) is 80.3 cm³/mol. The van der Waals surface area contributed by atoms with Crippen molar-refractivity contribution in [2.24, 2.45) is 0 Å². The maximum atomic E-state index is 11.8. The smallest absolute Gasteiger partial charge is 0.333 e.